The first-order valence-electron chi connectivity index (χ1n) is 7.40. The Kier molecular flexibility index (Phi) is 6.62. The van der Waals surface area contributed by atoms with Gasteiger partial charge in [-0.2, -0.15) is 5.26 Å². The van der Waals surface area contributed by atoms with E-state index in [0.717, 1.165) is 12.1 Å². The summed E-state index contributed by atoms with van der Waals surface area (Å²) in [5, 5.41) is 12.7. The molecule has 2 aromatic rings. The van der Waals surface area contributed by atoms with Crippen LogP contribution in [0.15, 0.2) is 42.5 Å². The van der Waals surface area contributed by atoms with Gasteiger partial charge in [-0.15, -0.1) is 0 Å². The first kappa shape index (κ1) is 18.3. The van der Waals surface area contributed by atoms with Crippen molar-refractivity contribution in [3.63, 3.8) is 0 Å². The first-order valence-corrected chi connectivity index (χ1v) is 8.16. The quantitative estimate of drug-likeness (QED) is 0.832. The highest BCUT2D eigenvalue weighted by Crippen LogP contribution is 2.20. The predicted octanol–water partition coefficient (Wildman–Crippen LogP) is 4.33. The van der Waals surface area contributed by atoms with E-state index in [9.17, 15) is 4.79 Å². The molecule has 0 aliphatic carbocycles. The fourth-order valence-electron chi connectivity index (χ4n) is 2.18. The third-order valence-electron chi connectivity index (χ3n) is 3.46. The summed E-state index contributed by atoms with van der Waals surface area (Å²) in [6.07, 6.45) is 0.363. The van der Waals surface area contributed by atoms with Gasteiger partial charge < -0.3 is 10.2 Å². The van der Waals surface area contributed by atoms with Gasteiger partial charge in [-0.05, 0) is 42.9 Å². The zero-order chi connectivity index (χ0) is 17.5. The Morgan fingerprint density at radius 1 is 1.21 bits per heavy atom. The molecule has 0 fully saturated rings. The predicted molar refractivity (Wildman–Crippen MR) is 97.2 cm³/mol. The molecular weight excluding hydrogens is 345 g/mol. The monoisotopic (exact) mass is 361 g/mol. The van der Waals surface area contributed by atoms with Crippen molar-refractivity contribution in [2.45, 2.75) is 13.0 Å². The molecule has 0 heterocycles. The third kappa shape index (κ3) is 5.54. The molecule has 124 valence electrons. The van der Waals surface area contributed by atoms with E-state index in [1.165, 1.54) is 0 Å². The summed E-state index contributed by atoms with van der Waals surface area (Å²) in [6.45, 7) is 1.37. The number of hydrogen-bond donors (Lipinski definition) is 1. The number of amides is 1. The number of nitriles is 1. The Bertz CT molecular complexity index is 754. The van der Waals surface area contributed by atoms with E-state index < -0.39 is 0 Å². The summed E-state index contributed by atoms with van der Waals surface area (Å²) in [6, 6.07) is 14.5. The normalized spacial score (nSPS) is 10.5. The number of nitrogens with one attached hydrogen (secondary N) is 1. The molecule has 4 nitrogen and oxygen atoms in total. The van der Waals surface area contributed by atoms with Crippen molar-refractivity contribution in [1.29, 1.82) is 5.26 Å². The van der Waals surface area contributed by atoms with E-state index >= 15 is 0 Å². The van der Waals surface area contributed by atoms with Crippen molar-refractivity contribution in [3.8, 4) is 6.07 Å². The van der Waals surface area contributed by atoms with Crippen LogP contribution in [0.1, 0.15) is 17.5 Å². The Morgan fingerprint density at radius 2 is 1.92 bits per heavy atom. The maximum Gasteiger partial charge on any atom is 0.225 e. The molecule has 0 atom stereocenters. The van der Waals surface area contributed by atoms with Crippen LogP contribution in [0, 0.1) is 11.3 Å². The van der Waals surface area contributed by atoms with Gasteiger partial charge >= 0.3 is 0 Å². The number of hydrogen-bond acceptors (Lipinski definition) is 3. The number of halogens is 2. The zero-order valence-electron chi connectivity index (χ0n) is 13.2. The summed E-state index contributed by atoms with van der Waals surface area (Å²) >= 11 is 11.8. The SMILES string of the molecule is CN(CCC(=O)Nc1ccc(C#N)c(Cl)c1)Cc1ccc(Cl)cc1. The van der Waals surface area contributed by atoms with Gasteiger partial charge in [-0.1, -0.05) is 35.3 Å². The van der Waals surface area contributed by atoms with E-state index in [0.29, 0.717) is 34.3 Å². The highest BCUT2D eigenvalue weighted by atomic mass is 35.5. The Balaban J connectivity index is 1.81. The molecule has 24 heavy (non-hydrogen) atoms. The molecule has 2 rings (SSSR count). The molecule has 0 radical (unpaired) electrons. The molecule has 0 aliphatic rings. The Labute approximate surface area is 151 Å². The third-order valence-corrected chi connectivity index (χ3v) is 4.02. The summed E-state index contributed by atoms with van der Waals surface area (Å²) in [4.78, 5) is 14.1. The lowest BCUT2D eigenvalue weighted by molar-refractivity contribution is -0.116. The smallest absolute Gasteiger partial charge is 0.225 e. The topological polar surface area (TPSA) is 56.1 Å². The standard InChI is InChI=1S/C18H17Cl2N3O/c1-23(12-13-2-5-15(19)6-3-13)9-8-18(24)22-16-7-4-14(11-21)17(20)10-16/h2-7,10H,8-9,12H2,1H3,(H,22,24). The number of nitrogens with zero attached hydrogens (tertiary/aromatic N) is 2. The number of carbonyl (C=O) groups is 1. The maximum absolute atomic E-state index is 12.0. The van der Waals surface area contributed by atoms with Crippen molar-refractivity contribution >= 4 is 34.8 Å². The Morgan fingerprint density at radius 3 is 2.54 bits per heavy atom. The summed E-state index contributed by atoms with van der Waals surface area (Å²) < 4.78 is 0. The fraction of sp³-hybridized carbons (Fsp3) is 0.222. The van der Waals surface area contributed by atoms with E-state index in [4.69, 9.17) is 28.5 Å². The lowest BCUT2D eigenvalue weighted by atomic mass is 10.2. The van der Waals surface area contributed by atoms with Gasteiger partial charge in [0.1, 0.15) is 6.07 Å². The highest BCUT2D eigenvalue weighted by molar-refractivity contribution is 6.32. The zero-order valence-corrected chi connectivity index (χ0v) is 14.7. The number of carbonyl (C=O) groups excluding carboxylic acids is 1. The molecule has 0 bridgehead atoms. The molecule has 0 saturated carbocycles. The Hall–Kier alpha value is -2.06. The molecule has 0 aliphatic heterocycles. The maximum atomic E-state index is 12.0. The van der Waals surface area contributed by atoms with E-state index in [2.05, 4.69) is 10.2 Å². The lowest BCUT2D eigenvalue weighted by Crippen LogP contribution is -2.24. The fourth-order valence-corrected chi connectivity index (χ4v) is 2.53. The van der Waals surface area contributed by atoms with Crippen molar-refractivity contribution in [2.24, 2.45) is 0 Å². The van der Waals surface area contributed by atoms with Crippen molar-refractivity contribution in [3.05, 3.63) is 63.6 Å². The van der Waals surface area contributed by atoms with Gasteiger partial charge in [0, 0.05) is 30.2 Å². The second kappa shape index (κ2) is 8.70. The minimum atomic E-state index is -0.0984. The van der Waals surface area contributed by atoms with Crippen LogP contribution >= 0.6 is 23.2 Å². The summed E-state index contributed by atoms with van der Waals surface area (Å²) in [5.41, 5.74) is 2.11. The second-order valence-corrected chi connectivity index (χ2v) is 6.31. The van der Waals surface area contributed by atoms with Gasteiger partial charge in [0.2, 0.25) is 5.91 Å². The van der Waals surface area contributed by atoms with Crippen LogP contribution in [0.3, 0.4) is 0 Å². The van der Waals surface area contributed by atoms with E-state index in [1.54, 1.807) is 18.2 Å². The van der Waals surface area contributed by atoms with E-state index in [1.807, 2.05) is 37.4 Å². The minimum Gasteiger partial charge on any atom is -0.326 e. The van der Waals surface area contributed by atoms with Crippen LogP contribution in [0.4, 0.5) is 5.69 Å². The van der Waals surface area contributed by atoms with Gasteiger partial charge in [0.25, 0.3) is 0 Å². The molecular formula is C18H17Cl2N3O. The largest absolute Gasteiger partial charge is 0.326 e. The molecule has 0 unspecified atom stereocenters. The number of anilines is 1. The average molecular weight is 362 g/mol. The molecule has 0 aromatic heterocycles. The molecule has 2 aromatic carbocycles. The minimum absolute atomic E-state index is 0.0984. The lowest BCUT2D eigenvalue weighted by Gasteiger charge is -2.16. The van der Waals surface area contributed by atoms with Gasteiger partial charge in [-0.3, -0.25) is 4.79 Å². The van der Waals surface area contributed by atoms with Crippen LogP contribution < -0.4 is 5.32 Å². The summed E-state index contributed by atoms with van der Waals surface area (Å²) in [5.74, 6) is -0.0984. The van der Waals surface area contributed by atoms with Crippen LogP contribution in [0.25, 0.3) is 0 Å². The highest BCUT2D eigenvalue weighted by Gasteiger charge is 2.07. The summed E-state index contributed by atoms with van der Waals surface area (Å²) in [7, 11) is 1.96. The van der Waals surface area contributed by atoms with Gasteiger partial charge in [0.05, 0.1) is 10.6 Å². The second-order valence-electron chi connectivity index (χ2n) is 5.47. The molecule has 1 N–H and O–H groups in total. The van der Waals surface area contributed by atoms with Crippen molar-refractivity contribution in [1.82, 2.24) is 4.90 Å². The van der Waals surface area contributed by atoms with E-state index in [-0.39, 0.29) is 5.91 Å². The first-order chi connectivity index (χ1) is 11.5. The van der Waals surface area contributed by atoms with Crippen molar-refractivity contribution in [2.75, 3.05) is 18.9 Å². The average Bonchev–Trinajstić information content (AvgIpc) is 2.55. The van der Waals surface area contributed by atoms with Crippen LogP contribution in [0.2, 0.25) is 10.0 Å². The van der Waals surface area contributed by atoms with Crippen molar-refractivity contribution < 1.29 is 4.79 Å². The van der Waals surface area contributed by atoms with Gasteiger partial charge in [-0.25, -0.2) is 0 Å². The molecule has 0 spiro atoms. The van der Waals surface area contributed by atoms with Crippen LogP contribution in [0.5, 0.6) is 0 Å². The number of benzene rings is 2. The molecule has 6 heteroatoms. The van der Waals surface area contributed by atoms with Crippen LogP contribution in [-0.2, 0) is 11.3 Å². The van der Waals surface area contributed by atoms with Crippen LogP contribution in [-0.4, -0.2) is 24.4 Å². The molecule has 0 saturated heterocycles. The van der Waals surface area contributed by atoms with Gasteiger partial charge in [0.15, 0.2) is 0 Å². The number of rotatable bonds is 6. The molecule has 1 amide bonds.